The van der Waals surface area contributed by atoms with E-state index in [1.807, 2.05) is 0 Å². The molecule has 0 fully saturated rings. The summed E-state index contributed by atoms with van der Waals surface area (Å²) in [6.45, 7) is 6.75. The van der Waals surface area contributed by atoms with Crippen LogP contribution in [0, 0.1) is 11.8 Å². The van der Waals surface area contributed by atoms with Gasteiger partial charge in [0.15, 0.2) is 0 Å². The van der Waals surface area contributed by atoms with Crippen molar-refractivity contribution in [2.24, 2.45) is 11.8 Å². The second-order valence-corrected chi connectivity index (χ2v) is 8.64. The van der Waals surface area contributed by atoms with Crippen LogP contribution in [0.5, 0.6) is 0 Å². The van der Waals surface area contributed by atoms with Gasteiger partial charge in [0, 0.05) is 11.8 Å². The third-order valence-corrected chi connectivity index (χ3v) is 6.80. The van der Waals surface area contributed by atoms with Crippen LogP contribution >= 0.6 is 0 Å². The molecule has 0 saturated carbocycles. The molecule has 1 aromatic carbocycles. The number of hydrogen-bond donors (Lipinski definition) is 0. The van der Waals surface area contributed by atoms with E-state index in [9.17, 15) is 0 Å². The molecule has 3 aliphatic rings. The highest BCUT2D eigenvalue weighted by molar-refractivity contribution is 5.76. The summed E-state index contributed by atoms with van der Waals surface area (Å²) < 4.78 is 0. The average molecular weight is 395 g/mol. The molecule has 3 aliphatic carbocycles. The Balaban J connectivity index is 1.72. The van der Waals surface area contributed by atoms with Gasteiger partial charge in [0.2, 0.25) is 0 Å². The first-order chi connectivity index (χ1) is 14.7. The van der Waals surface area contributed by atoms with Crippen molar-refractivity contribution in [1.29, 1.82) is 0 Å². The van der Waals surface area contributed by atoms with E-state index in [1.54, 1.807) is 0 Å². The van der Waals surface area contributed by atoms with E-state index in [-0.39, 0.29) is 0 Å². The van der Waals surface area contributed by atoms with E-state index in [0.29, 0.717) is 11.8 Å². The highest BCUT2D eigenvalue weighted by atomic mass is 14.3. The molecule has 0 nitrogen and oxygen atoms in total. The molecule has 2 unspecified atom stereocenters. The molecule has 0 bridgehead atoms. The maximum absolute atomic E-state index is 2.47. The number of allylic oxidation sites excluding steroid dienone is 14. The van der Waals surface area contributed by atoms with Crippen molar-refractivity contribution >= 4 is 11.1 Å². The lowest BCUT2D eigenvalue weighted by Gasteiger charge is -2.33. The second-order valence-electron chi connectivity index (χ2n) is 8.64. The van der Waals surface area contributed by atoms with Gasteiger partial charge in [-0.2, -0.15) is 0 Å². The lowest BCUT2D eigenvalue weighted by atomic mass is 9.70. The maximum Gasteiger partial charge on any atom is 0.0130 e. The van der Waals surface area contributed by atoms with Crippen LogP contribution in [0.15, 0.2) is 95.7 Å². The fourth-order valence-corrected chi connectivity index (χ4v) is 5.07. The third kappa shape index (κ3) is 4.15. The molecule has 2 atom stereocenters. The largest absolute Gasteiger partial charge is 0.0910 e. The van der Waals surface area contributed by atoms with Crippen molar-refractivity contribution in [2.45, 2.75) is 52.9 Å². The molecular weight excluding hydrogens is 360 g/mol. The SMILES string of the molecule is CC=CC1C2=C(C=CC1C(=C(C)CC)c1ccc(C3=CC=CCC3)cc1)CCC=C2. The Morgan fingerprint density at radius 2 is 1.83 bits per heavy atom. The molecule has 0 radical (unpaired) electrons. The van der Waals surface area contributed by atoms with Gasteiger partial charge in [0.1, 0.15) is 0 Å². The maximum atomic E-state index is 2.47. The smallest absolute Gasteiger partial charge is 0.0130 e. The van der Waals surface area contributed by atoms with Crippen LogP contribution in [0.1, 0.15) is 64.0 Å². The molecule has 0 spiro atoms. The summed E-state index contributed by atoms with van der Waals surface area (Å²) in [6.07, 6.45) is 26.7. The first-order valence-corrected chi connectivity index (χ1v) is 11.6. The molecule has 1 aromatic rings. The van der Waals surface area contributed by atoms with Crippen LogP contribution in [0.4, 0.5) is 0 Å². The molecule has 0 aromatic heterocycles. The van der Waals surface area contributed by atoms with Crippen LogP contribution in [-0.4, -0.2) is 0 Å². The molecular formula is C30H34. The van der Waals surface area contributed by atoms with Gasteiger partial charge in [0.05, 0.1) is 0 Å². The summed E-state index contributed by atoms with van der Waals surface area (Å²) >= 11 is 0. The van der Waals surface area contributed by atoms with Crippen LogP contribution in [0.2, 0.25) is 0 Å². The van der Waals surface area contributed by atoms with E-state index in [2.05, 4.69) is 99.7 Å². The van der Waals surface area contributed by atoms with E-state index in [4.69, 9.17) is 0 Å². The molecule has 0 N–H and O–H groups in total. The highest BCUT2D eigenvalue weighted by Gasteiger charge is 2.30. The van der Waals surface area contributed by atoms with Crippen molar-refractivity contribution in [3.8, 4) is 0 Å². The molecule has 0 aliphatic heterocycles. The summed E-state index contributed by atoms with van der Waals surface area (Å²) in [5, 5.41) is 0. The lowest BCUT2D eigenvalue weighted by molar-refractivity contribution is 0.636. The zero-order valence-corrected chi connectivity index (χ0v) is 18.7. The number of benzene rings is 1. The fourth-order valence-electron chi connectivity index (χ4n) is 5.07. The van der Waals surface area contributed by atoms with Gasteiger partial charge in [-0.05, 0) is 79.4 Å². The van der Waals surface area contributed by atoms with Gasteiger partial charge in [-0.1, -0.05) is 91.4 Å². The Morgan fingerprint density at radius 3 is 2.53 bits per heavy atom. The van der Waals surface area contributed by atoms with Crippen molar-refractivity contribution in [2.75, 3.05) is 0 Å². The van der Waals surface area contributed by atoms with Crippen molar-refractivity contribution in [1.82, 2.24) is 0 Å². The van der Waals surface area contributed by atoms with Gasteiger partial charge in [-0.15, -0.1) is 0 Å². The Labute approximate surface area is 182 Å². The number of hydrogen-bond acceptors (Lipinski definition) is 0. The Kier molecular flexibility index (Phi) is 6.53. The summed E-state index contributed by atoms with van der Waals surface area (Å²) in [5.74, 6) is 0.819. The number of rotatable bonds is 5. The normalized spacial score (nSPS) is 24.2. The van der Waals surface area contributed by atoms with Crippen molar-refractivity contribution in [3.63, 3.8) is 0 Å². The van der Waals surface area contributed by atoms with Crippen LogP contribution < -0.4 is 0 Å². The lowest BCUT2D eigenvalue weighted by Crippen LogP contribution is -2.20. The fraction of sp³-hybridized carbons (Fsp3) is 0.333. The first-order valence-electron chi connectivity index (χ1n) is 11.6. The standard InChI is InChI=1S/C30H34/c1-4-11-28-27-15-10-9-14-25(27)20-21-29(28)30(22(3)5-2)26-18-16-24(17-19-26)23-12-7-6-8-13-23/h4,6-7,10-12,15-21,28-29H,5,8-9,13-14H2,1-3H3. The second kappa shape index (κ2) is 9.47. The molecule has 30 heavy (non-hydrogen) atoms. The first kappa shape index (κ1) is 20.7. The molecule has 4 rings (SSSR count). The van der Waals surface area contributed by atoms with E-state index >= 15 is 0 Å². The van der Waals surface area contributed by atoms with Crippen molar-refractivity contribution < 1.29 is 0 Å². The van der Waals surface area contributed by atoms with Crippen LogP contribution in [0.3, 0.4) is 0 Å². The predicted molar refractivity (Wildman–Crippen MR) is 132 cm³/mol. The quantitative estimate of drug-likeness (QED) is 0.438. The average Bonchev–Trinajstić information content (AvgIpc) is 2.81. The highest BCUT2D eigenvalue weighted by Crippen LogP contribution is 2.44. The Hall–Kier alpha value is -2.60. The summed E-state index contributed by atoms with van der Waals surface area (Å²) in [7, 11) is 0. The molecule has 0 amide bonds. The minimum Gasteiger partial charge on any atom is -0.0910 e. The molecule has 0 saturated heterocycles. The predicted octanol–water partition coefficient (Wildman–Crippen LogP) is 8.63. The zero-order valence-electron chi connectivity index (χ0n) is 18.7. The van der Waals surface area contributed by atoms with E-state index in [0.717, 1.165) is 19.3 Å². The molecule has 0 heterocycles. The van der Waals surface area contributed by atoms with E-state index < -0.39 is 0 Å². The monoisotopic (exact) mass is 394 g/mol. The van der Waals surface area contributed by atoms with Gasteiger partial charge in [-0.3, -0.25) is 0 Å². The topological polar surface area (TPSA) is 0 Å². The van der Waals surface area contributed by atoms with Crippen LogP contribution in [0.25, 0.3) is 11.1 Å². The summed E-state index contributed by atoms with van der Waals surface area (Å²) in [6, 6.07) is 9.35. The van der Waals surface area contributed by atoms with Gasteiger partial charge >= 0.3 is 0 Å². The summed E-state index contributed by atoms with van der Waals surface area (Å²) in [5.41, 5.74) is 10.2. The third-order valence-electron chi connectivity index (χ3n) is 6.80. The molecule has 154 valence electrons. The van der Waals surface area contributed by atoms with Gasteiger partial charge < -0.3 is 0 Å². The van der Waals surface area contributed by atoms with Gasteiger partial charge in [0.25, 0.3) is 0 Å². The van der Waals surface area contributed by atoms with Crippen LogP contribution in [-0.2, 0) is 0 Å². The minimum absolute atomic E-state index is 0.394. The zero-order chi connectivity index (χ0) is 20.9. The van der Waals surface area contributed by atoms with Crippen molar-refractivity contribution in [3.05, 3.63) is 107 Å². The minimum atomic E-state index is 0.394. The van der Waals surface area contributed by atoms with E-state index in [1.165, 1.54) is 51.8 Å². The van der Waals surface area contributed by atoms with Gasteiger partial charge in [-0.25, -0.2) is 0 Å². The molecule has 0 heteroatoms. The Morgan fingerprint density at radius 1 is 1.03 bits per heavy atom. The summed E-state index contributed by atoms with van der Waals surface area (Å²) in [4.78, 5) is 0. The Bertz CT molecular complexity index is 983.